The van der Waals surface area contributed by atoms with Gasteiger partial charge in [-0.3, -0.25) is 18.7 Å². The van der Waals surface area contributed by atoms with Crippen molar-refractivity contribution in [3.63, 3.8) is 0 Å². The fraction of sp³-hybridized carbons (Fsp3) is 0.400. The summed E-state index contributed by atoms with van der Waals surface area (Å²) in [6.07, 6.45) is 1.00. The molecule has 2 aromatic rings. The Kier molecular flexibility index (Phi) is 3.70. The smallest absolute Gasteiger partial charge is 0.332 e. The van der Waals surface area contributed by atoms with E-state index in [0.29, 0.717) is 19.4 Å². The lowest BCUT2D eigenvalue weighted by molar-refractivity contribution is -0.141. The second-order valence-electron chi connectivity index (χ2n) is 5.77. The average Bonchev–Trinajstić information content (AvgIpc) is 3.06. The number of rotatable bonds is 2. The maximum absolute atomic E-state index is 12.6. The predicted molar refractivity (Wildman–Crippen MR) is 83.9 cm³/mol. The highest BCUT2D eigenvalue weighted by Crippen LogP contribution is 2.20. The molecule has 1 fully saturated rings. The van der Waals surface area contributed by atoms with Crippen molar-refractivity contribution in [3.8, 4) is 0 Å². The van der Waals surface area contributed by atoms with Crippen LogP contribution in [0.3, 0.4) is 0 Å². The SMILES string of the molecule is Cn1c(=O)c2ccc(C(=O)N3CCCC3C(=O)O)nc2n(C)c1=O. The summed E-state index contributed by atoms with van der Waals surface area (Å²) in [5.74, 6) is -1.57. The first-order valence-corrected chi connectivity index (χ1v) is 7.43. The van der Waals surface area contributed by atoms with Crippen LogP contribution in [0.15, 0.2) is 21.7 Å². The molecule has 0 spiro atoms. The summed E-state index contributed by atoms with van der Waals surface area (Å²) in [5, 5.41) is 9.41. The number of aliphatic carboxylic acids is 1. The van der Waals surface area contributed by atoms with Crippen molar-refractivity contribution < 1.29 is 14.7 Å². The van der Waals surface area contributed by atoms with Crippen LogP contribution in [0.1, 0.15) is 23.3 Å². The lowest BCUT2D eigenvalue weighted by atomic mass is 10.2. The Balaban J connectivity index is 2.12. The van der Waals surface area contributed by atoms with E-state index in [1.165, 1.54) is 35.7 Å². The maximum Gasteiger partial charge on any atom is 0.332 e. The Labute approximate surface area is 135 Å². The van der Waals surface area contributed by atoms with Crippen LogP contribution in [0.4, 0.5) is 0 Å². The van der Waals surface area contributed by atoms with Crippen molar-refractivity contribution in [1.82, 2.24) is 19.0 Å². The summed E-state index contributed by atoms with van der Waals surface area (Å²) in [5.41, 5.74) is -0.933. The highest BCUT2D eigenvalue weighted by Gasteiger charge is 2.35. The van der Waals surface area contributed by atoms with Crippen molar-refractivity contribution in [2.45, 2.75) is 18.9 Å². The number of carbonyl (C=O) groups excluding carboxylic acids is 1. The van der Waals surface area contributed by atoms with Crippen LogP contribution in [0.25, 0.3) is 11.0 Å². The van der Waals surface area contributed by atoms with E-state index in [2.05, 4.69) is 4.98 Å². The fourth-order valence-electron chi connectivity index (χ4n) is 2.99. The molecule has 2 aromatic heterocycles. The van der Waals surface area contributed by atoms with E-state index in [1.807, 2.05) is 0 Å². The van der Waals surface area contributed by atoms with Crippen molar-refractivity contribution in [3.05, 3.63) is 38.7 Å². The molecule has 0 aromatic carbocycles. The van der Waals surface area contributed by atoms with Gasteiger partial charge in [0.1, 0.15) is 17.4 Å². The molecule has 1 aliphatic heterocycles. The number of carboxylic acids is 1. The summed E-state index contributed by atoms with van der Waals surface area (Å²) in [6.45, 7) is 0.338. The van der Waals surface area contributed by atoms with Gasteiger partial charge in [0.2, 0.25) is 0 Å². The molecule has 9 nitrogen and oxygen atoms in total. The third kappa shape index (κ3) is 2.29. The van der Waals surface area contributed by atoms with E-state index >= 15 is 0 Å². The molecule has 1 atom stereocenters. The normalized spacial score (nSPS) is 17.4. The highest BCUT2D eigenvalue weighted by atomic mass is 16.4. The summed E-state index contributed by atoms with van der Waals surface area (Å²) in [4.78, 5) is 53.3. The molecule has 9 heteroatoms. The molecule has 1 saturated heterocycles. The number of hydrogen-bond acceptors (Lipinski definition) is 5. The molecular formula is C15H16N4O5. The quantitative estimate of drug-likeness (QED) is 0.779. The van der Waals surface area contributed by atoms with Gasteiger partial charge >= 0.3 is 11.7 Å². The Morgan fingerprint density at radius 2 is 1.92 bits per heavy atom. The van der Waals surface area contributed by atoms with Gasteiger partial charge in [-0.2, -0.15) is 0 Å². The minimum absolute atomic E-state index is 0.0129. The van der Waals surface area contributed by atoms with Gasteiger partial charge in [0.05, 0.1) is 5.39 Å². The first kappa shape index (κ1) is 15.9. The summed E-state index contributed by atoms with van der Waals surface area (Å²) in [6, 6.07) is 1.94. The molecule has 3 heterocycles. The van der Waals surface area contributed by atoms with Gasteiger partial charge in [-0.05, 0) is 25.0 Å². The van der Waals surface area contributed by atoms with Crippen LogP contribution >= 0.6 is 0 Å². The Bertz CT molecular complexity index is 974. The number of hydrogen-bond donors (Lipinski definition) is 1. The summed E-state index contributed by atoms with van der Waals surface area (Å²) >= 11 is 0. The third-order valence-electron chi connectivity index (χ3n) is 4.32. The van der Waals surface area contributed by atoms with Crippen LogP contribution < -0.4 is 11.2 Å². The minimum Gasteiger partial charge on any atom is -0.480 e. The Morgan fingerprint density at radius 3 is 2.58 bits per heavy atom. The molecule has 1 N–H and O–H groups in total. The number of aryl methyl sites for hydroxylation is 1. The van der Waals surface area contributed by atoms with Gasteiger partial charge in [0.15, 0.2) is 0 Å². The molecule has 126 valence electrons. The second kappa shape index (κ2) is 5.59. The van der Waals surface area contributed by atoms with Crippen molar-refractivity contribution >= 4 is 22.9 Å². The molecule has 0 bridgehead atoms. The molecule has 0 aliphatic carbocycles. The fourth-order valence-corrected chi connectivity index (χ4v) is 2.99. The second-order valence-corrected chi connectivity index (χ2v) is 5.77. The summed E-state index contributed by atoms with van der Waals surface area (Å²) < 4.78 is 2.15. The van der Waals surface area contributed by atoms with Crippen LogP contribution in [0.5, 0.6) is 0 Å². The molecule has 3 rings (SSSR count). The van der Waals surface area contributed by atoms with Crippen LogP contribution in [-0.2, 0) is 18.9 Å². The number of likely N-dealkylation sites (tertiary alicyclic amines) is 1. The molecule has 0 saturated carbocycles. The molecular weight excluding hydrogens is 316 g/mol. The zero-order valence-corrected chi connectivity index (χ0v) is 13.2. The average molecular weight is 332 g/mol. The number of aromatic nitrogens is 3. The molecule has 0 radical (unpaired) electrons. The van der Waals surface area contributed by atoms with E-state index in [-0.39, 0.29) is 16.7 Å². The van der Waals surface area contributed by atoms with Crippen LogP contribution in [0.2, 0.25) is 0 Å². The van der Waals surface area contributed by atoms with Crippen molar-refractivity contribution in [2.24, 2.45) is 14.1 Å². The first-order valence-electron chi connectivity index (χ1n) is 7.43. The number of amides is 1. The highest BCUT2D eigenvalue weighted by molar-refractivity contribution is 5.96. The van der Waals surface area contributed by atoms with Gasteiger partial charge in [-0.25, -0.2) is 14.6 Å². The predicted octanol–water partition coefficient (Wildman–Crippen LogP) is -0.679. The third-order valence-corrected chi connectivity index (χ3v) is 4.32. The number of carbonyl (C=O) groups is 2. The molecule has 1 unspecified atom stereocenters. The van der Waals surface area contributed by atoms with E-state index in [0.717, 1.165) is 4.57 Å². The lowest BCUT2D eigenvalue weighted by Gasteiger charge is -2.21. The molecule has 1 amide bonds. The van der Waals surface area contributed by atoms with Gasteiger partial charge in [-0.15, -0.1) is 0 Å². The first-order chi connectivity index (χ1) is 11.3. The van der Waals surface area contributed by atoms with E-state index in [9.17, 15) is 24.3 Å². The Hall–Kier alpha value is -2.97. The number of carboxylic acid groups (broad SMARTS) is 1. The Morgan fingerprint density at radius 1 is 1.21 bits per heavy atom. The van der Waals surface area contributed by atoms with Crippen LogP contribution in [0, 0.1) is 0 Å². The summed E-state index contributed by atoms with van der Waals surface area (Å²) in [7, 11) is 2.83. The van der Waals surface area contributed by atoms with Gasteiger partial charge in [-0.1, -0.05) is 0 Å². The minimum atomic E-state index is -1.05. The number of fused-ring (bicyclic) bond motifs is 1. The molecule has 1 aliphatic rings. The zero-order chi connectivity index (χ0) is 17.6. The van der Waals surface area contributed by atoms with Gasteiger partial charge < -0.3 is 10.0 Å². The monoisotopic (exact) mass is 332 g/mol. The van der Waals surface area contributed by atoms with Crippen molar-refractivity contribution in [1.29, 1.82) is 0 Å². The number of nitrogens with zero attached hydrogens (tertiary/aromatic N) is 4. The maximum atomic E-state index is 12.6. The van der Waals surface area contributed by atoms with Gasteiger partial charge in [0, 0.05) is 20.6 Å². The lowest BCUT2D eigenvalue weighted by Crippen LogP contribution is -2.41. The topological polar surface area (TPSA) is 114 Å². The zero-order valence-electron chi connectivity index (χ0n) is 13.2. The largest absolute Gasteiger partial charge is 0.480 e. The van der Waals surface area contributed by atoms with E-state index in [1.54, 1.807) is 0 Å². The van der Waals surface area contributed by atoms with Crippen LogP contribution in [-0.4, -0.2) is 48.6 Å². The van der Waals surface area contributed by atoms with Gasteiger partial charge in [0.25, 0.3) is 11.5 Å². The standard InChI is InChI=1S/C15H16N4O5/c1-17-11-8(12(20)18(2)15(17)24)5-6-9(16-11)13(21)19-7-3-4-10(19)14(22)23/h5-6,10H,3-4,7H2,1-2H3,(H,22,23). The van der Waals surface area contributed by atoms with Crippen molar-refractivity contribution in [2.75, 3.05) is 6.54 Å². The molecule has 24 heavy (non-hydrogen) atoms. The van der Waals surface area contributed by atoms with E-state index in [4.69, 9.17) is 0 Å². The van der Waals surface area contributed by atoms with E-state index < -0.39 is 29.2 Å². The number of pyridine rings is 1.